The first-order valence-electron chi connectivity index (χ1n) is 10.4. The lowest BCUT2D eigenvalue weighted by molar-refractivity contribution is 0.419. The molecule has 0 saturated carbocycles. The number of hydrogen-bond donors (Lipinski definition) is 2. The molecule has 0 atom stereocenters. The number of para-hydroxylation sites is 1. The highest BCUT2D eigenvalue weighted by molar-refractivity contribution is 6.30. The number of nitrogens with zero attached hydrogens (tertiary/aromatic N) is 4. The van der Waals surface area contributed by atoms with Gasteiger partial charge in [0.05, 0.1) is 12.8 Å². The van der Waals surface area contributed by atoms with Crippen molar-refractivity contribution in [2.24, 2.45) is 0 Å². The second kappa shape index (κ2) is 8.80. The largest absolute Gasteiger partial charge is 0.494 e. The van der Waals surface area contributed by atoms with Crippen molar-refractivity contribution < 1.29 is 4.74 Å². The number of nitrogens with one attached hydrogen (secondary N) is 1. The van der Waals surface area contributed by atoms with Gasteiger partial charge in [0.1, 0.15) is 17.1 Å². The molecule has 0 saturated heterocycles. The van der Waals surface area contributed by atoms with Crippen LogP contribution in [0.25, 0.3) is 28.1 Å². The van der Waals surface area contributed by atoms with Crippen LogP contribution in [0.4, 0.5) is 11.8 Å². The van der Waals surface area contributed by atoms with Gasteiger partial charge in [0.2, 0.25) is 11.9 Å². The minimum absolute atomic E-state index is 0.281. The first-order chi connectivity index (χ1) is 16.1. The molecular weight excluding hydrogens is 436 g/mol. The van der Waals surface area contributed by atoms with E-state index in [4.69, 9.17) is 32.0 Å². The average molecular weight is 457 g/mol. The number of nitrogens with two attached hydrogens (primary N) is 1. The predicted octanol–water partition coefficient (Wildman–Crippen LogP) is 5.34. The van der Waals surface area contributed by atoms with E-state index in [0.29, 0.717) is 40.3 Å². The number of fused-ring (bicyclic) bond motifs is 1. The second-order valence-electron chi connectivity index (χ2n) is 7.43. The van der Waals surface area contributed by atoms with Gasteiger partial charge in [-0.05, 0) is 29.8 Å². The van der Waals surface area contributed by atoms with Gasteiger partial charge >= 0.3 is 0 Å². The molecule has 3 N–H and O–H groups in total. The molecule has 5 rings (SSSR count). The predicted molar refractivity (Wildman–Crippen MR) is 132 cm³/mol. The normalized spacial score (nSPS) is 11.0. The molecule has 0 aliphatic rings. The monoisotopic (exact) mass is 456 g/mol. The minimum atomic E-state index is 0.281. The zero-order valence-corrected chi connectivity index (χ0v) is 18.6. The van der Waals surface area contributed by atoms with E-state index < -0.39 is 0 Å². The number of ether oxygens (including phenoxy) is 1. The third-order valence-corrected chi connectivity index (χ3v) is 5.54. The summed E-state index contributed by atoms with van der Waals surface area (Å²) in [6, 6.07) is 23.3. The third-order valence-electron chi connectivity index (χ3n) is 5.29. The molecule has 8 heteroatoms. The summed E-state index contributed by atoms with van der Waals surface area (Å²) in [5, 5.41) is 4.94. The maximum absolute atomic E-state index is 6.26. The molecule has 2 aromatic heterocycles. The fourth-order valence-electron chi connectivity index (χ4n) is 3.62. The molecule has 164 valence electrons. The molecule has 0 bridgehead atoms. The Balaban J connectivity index is 1.60. The van der Waals surface area contributed by atoms with Gasteiger partial charge in [-0.15, -0.1) is 0 Å². The number of anilines is 2. The lowest BCUT2D eigenvalue weighted by atomic mass is 10.2. The van der Waals surface area contributed by atoms with Crippen molar-refractivity contribution in [2.75, 3.05) is 18.2 Å². The van der Waals surface area contributed by atoms with Gasteiger partial charge in [-0.3, -0.25) is 4.57 Å². The van der Waals surface area contributed by atoms with E-state index >= 15 is 0 Å². The van der Waals surface area contributed by atoms with Crippen LogP contribution in [0.3, 0.4) is 0 Å². The first kappa shape index (κ1) is 20.8. The fourth-order valence-corrected chi connectivity index (χ4v) is 3.74. The Morgan fingerprint density at radius 3 is 2.48 bits per heavy atom. The Labute approximate surface area is 195 Å². The van der Waals surface area contributed by atoms with Crippen molar-refractivity contribution >= 4 is 34.3 Å². The van der Waals surface area contributed by atoms with E-state index in [9.17, 15) is 0 Å². The van der Waals surface area contributed by atoms with Gasteiger partial charge in [0.15, 0.2) is 0 Å². The van der Waals surface area contributed by atoms with Crippen LogP contribution in [0.15, 0.2) is 79.0 Å². The summed E-state index contributed by atoms with van der Waals surface area (Å²) in [6.07, 6.45) is 1.82. The number of methoxy groups -OCH3 is 1. The van der Waals surface area contributed by atoms with Gasteiger partial charge in [0, 0.05) is 28.7 Å². The maximum Gasteiger partial charge on any atom is 0.239 e. The summed E-state index contributed by atoms with van der Waals surface area (Å²) < 4.78 is 7.24. The highest BCUT2D eigenvalue weighted by atomic mass is 35.5. The van der Waals surface area contributed by atoms with Crippen molar-refractivity contribution in [1.29, 1.82) is 0 Å². The van der Waals surface area contributed by atoms with Crippen LogP contribution >= 0.6 is 11.6 Å². The third kappa shape index (κ3) is 4.18. The SMILES string of the molecule is COc1cccc2c(NCc3ccccc3)nc(-n3cc(-c4ccc(Cl)cc4)nc3N)nc12. The maximum atomic E-state index is 6.26. The van der Waals surface area contributed by atoms with Gasteiger partial charge in [-0.25, -0.2) is 9.97 Å². The second-order valence-corrected chi connectivity index (χ2v) is 7.87. The van der Waals surface area contributed by atoms with Gasteiger partial charge < -0.3 is 15.8 Å². The summed E-state index contributed by atoms with van der Waals surface area (Å²) in [4.78, 5) is 14.0. The average Bonchev–Trinajstić information content (AvgIpc) is 3.24. The van der Waals surface area contributed by atoms with E-state index in [2.05, 4.69) is 22.4 Å². The van der Waals surface area contributed by atoms with Crippen LogP contribution in [-0.4, -0.2) is 26.6 Å². The standard InChI is InChI=1S/C25H21ClN6O/c1-33-21-9-5-8-19-22(21)30-25(31-23(19)28-14-16-6-3-2-4-7-16)32-15-20(29-24(32)27)17-10-12-18(26)13-11-17/h2-13,15H,14H2,1H3,(H2,27,29)(H,28,30,31). The van der Waals surface area contributed by atoms with Crippen LogP contribution in [0, 0.1) is 0 Å². The zero-order chi connectivity index (χ0) is 22.8. The van der Waals surface area contributed by atoms with Crippen molar-refractivity contribution in [3.05, 3.63) is 89.6 Å². The number of nitrogen functional groups attached to an aromatic ring is 1. The van der Waals surface area contributed by atoms with Gasteiger partial charge in [0.25, 0.3) is 0 Å². The number of rotatable bonds is 6. The topological polar surface area (TPSA) is 90.9 Å². The molecule has 0 radical (unpaired) electrons. The van der Waals surface area contributed by atoms with Crippen LogP contribution in [0.5, 0.6) is 5.75 Å². The first-order valence-corrected chi connectivity index (χ1v) is 10.7. The molecule has 7 nitrogen and oxygen atoms in total. The molecule has 2 heterocycles. The summed E-state index contributed by atoms with van der Waals surface area (Å²) in [7, 11) is 1.62. The Hall–Kier alpha value is -4.10. The molecule has 0 aliphatic heterocycles. The number of hydrogen-bond acceptors (Lipinski definition) is 6. The molecule has 0 aliphatic carbocycles. The molecule has 0 amide bonds. The highest BCUT2D eigenvalue weighted by Gasteiger charge is 2.16. The zero-order valence-electron chi connectivity index (χ0n) is 17.9. The summed E-state index contributed by atoms with van der Waals surface area (Å²) in [6.45, 7) is 0.610. The van der Waals surface area contributed by atoms with E-state index in [1.54, 1.807) is 11.7 Å². The summed E-state index contributed by atoms with van der Waals surface area (Å²) in [5.74, 6) is 2.01. The van der Waals surface area contributed by atoms with Gasteiger partial charge in [-0.1, -0.05) is 60.1 Å². The van der Waals surface area contributed by atoms with Crippen LogP contribution in [-0.2, 0) is 6.54 Å². The van der Waals surface area contributed by atoms with Crippen molar-refractivity contribution in [2.45, 2.75) is 6.54 Å². The number of benzene rings is 3. The highest BCUT2D eigenvalue weighted by Crippen LogP contribution is 2.30. The number of aromatic nitrogens is 4. The van der Waals surface area contributed by atoms with Crippen molar-refractivity contribution in [3.63, 3.8) is 0 Å². The Kier molecular flexibility index (Phi) is 5.54. The summed E-state index contributed by atoms with van der Waals surface area (Å²) in [5.41, 5.74) is 9.68. The number of halogens is 1. The smallest absolute Gasteiger partial charge is 0.239 e. The Bertz CT molecular complexity index is 1420. The molecule has 0 unspecified atom stereocenters. The van der Waals surface area contributed by atoms with Crippen molar-refractivity contribution in [1.82, 2.24) is 19.5 Å². The van der Waals surface area contributed by atoms with Crippen molar-refractivity contribution in [3.8, 4) is 23.0 Å². The van der Waals surface area contributed by atoms with Crippen LogP contribution in [0.2, 0.25) is 5.02 Å². The summed E-state index contributed by atoms with van der Waals surface area (Å²) >= 11 is 6.02. The van der Waals surface area contributed by atoms with E-state index in [1.165, 1.54) is 0 Å². The Morgan fingerprint density at radius 1 is 0.939 bits per heavy atom. The fraction of sp³-hybridized carbons (Fsp3) is 0.0800. The minimum Gasteiger partial charge on any atom is -0.494 e. The lowest BCUT2D eigenvalue weighted by Crippen LogP contribution is -2.09. The molecule has 33 heavy (non-hydrogen) atoms. The lowest BCUT2D eigenvalue weighted by Gasteiger charge is -2.13. The number of imidazole rings is 1. The molecule has 5 aromatic rings. The quantitative estimate of drug-likeness (QED) is 0.358. The van der Waals surface area contributed by atoms with E-state index in [1.807, 2.05) is 66.9 Å². The Morgan fingerprint density at radius 2 is 1.73 bits per heavy atom. The van der Waals surface area contributed by atoms with Crippen LogP contribution < -0.4 is 15.8 Å². The molecule has 0 fully saturated rings. The molecule has 3 aromatic carbocycles. The molecule has 0 spiro atoms. The van der Waals surface area contributed by atoms with E-state index in [-0.39, 0.29) is 5.95 Å². The van der Waals surface area contributed by atoms with E-state index in [0.717, 1.165) is 16.5 Å². The van der Waals surface area contributed by atoms with Crippen LogP contribution in [0.1, 0.15) is 5.56 Å². The van der Waals surface area contributed by atoms with Gasteiger partial charge in [-0.2, -0.15) is 4.98 Å². The molecular formula is C25H21ClN6O.